The van der Waals surface area contributed by atoms with E-state index in [1.807, 2.05) is 24.0 Å². The molecule has 0 unspecified atom stereocenters. The molecule has 0 saturated heterocycles. The molecule has 2 aromatic rings. The van der Waals surface area contributed by atoms with Gasteiger partial charge in [-0.25, -0.2) is 0 Å². The fourth-order valence-corrected chi connectivity index (χ4v) is 1.83. The van der Waals surface area contributed by atoms with Gasteiger partial charge in [-0.05, 0) is 19.4 Å². The van der Waals surface area contributed by atoms with Gasteiger partial charge in [-0.1, -0.05) is 5.16 Å². The third-order valence-corrected chi connectivity index (χ3v) is 2.86. The van der Waals surface area contributed by atoms with Crippen LogP contribution in [0.15, 0.2) is 16.9 Å². The molecule has 7 heteroatoms. The predicted octanol–water partition coefficient (Wildman–Crippen LogP) is 0.942. The van der Waals surface area contributed by atoms with Gasteiger partial charge in [-0.2, -0.15) is 10.1 Å². The monoisotopic (exact) mass is 279 g/mol. The van der Waals surface area contributed by atoms with E-state index in [4.69, 9.17) is 9.26 Å². The third kappa shape index (κ3) is 4.43. The van der Waals surface area contributed by atoms with Crippen LogP contribution in [0.3, 0.4) is 0 Å². The molecular weight excluding hydrogens is 258 g/mol. The first-order valence-corrected chi connectivity index (χ1v) is 6.70. The van der Waals surface area contributed by atoms with E-state index in [2.05, 4.69) is 27.5 Å². The molecule has 0 spiro atoms. The molecular formula is C13H21N5O2. The van der Waals surface area contributed by atoms with Crippen molar-refractivity contribution in [3.8, 4) is 0 Å². The average molecular weight is 279 g/mol. The van der Waals surface area contributed by atoms with Gasteiger partial charge in [0.25, 0.3) is 0 Å². The lowest BCUT2D eigenvalue weighted by Gasteiger charge is -2.11. The Balaban J connectivity index is 1.75. The molecule has 1 atom stereocenters. The first-order chi connectivity index (χ1) is 9.67. The fraction of sp³-hybridized carbons (Fsp3) is 0.615. The highest BCUT2D eigenvalue weighted by Gasteiger charge is 2.08. The number of rotatable bonds is 8. The molecule has 20 heavy (non-hydrogen) atoms. The minimum absolute atomic E-state index is 0.267. The summed E-state index contributed by atoms with van der Waals surface area (Å²) in [7, 11) is 1.65. The lowest BCUT2D eigenvalue weighted by molar-refractivity contribution is 0.199. The number of nitrogens with zero attached hydrogens (tertiary/aromatic N) is 4. The molecule has 0 amide bonds. The van der Waals surface area contributed by atoms with Gasteiger partial charge < -0.3 is 14.6 Å². The molecule has 0 radical (unpaired) electrons. The van der Waals surface area contributed by atoms with Crippen LogP contribution in [0.4, 0.5) is 0 Å². The molecule has 0 aliphatic rings. The molecule has 0 aliphatic heterocycles. The minimum Gasteiger partial charge on any atom is -0.384 e. The van der Waals surface area contributed by atoms with E-state index < -0.39 is 0 Å². The van der Waals surface area contributed by atoms with Crippen molar-refractivity contribution in [1.29, 1.82) is 0 Å². The smallest absolute Gasteiger partial charge is 0.240 e. The zero-order valence-electron chi connectivity index (χ0n) is 12.2. The van der Waals surface area contributed by atoms with Crippen molar-refractivity contribution >= 4 is 0 Å². The van der Waals surface area contributed by atoms with Gasteiger partial charge in [-0.15, -0.1) is 0 Å². The van der Waals surface area contributed by atoms with Gasteiger partial charge in [0.1, 0.15) is 0 Å². The van der Waals surface area contributed by atoms with Crippen LogP contribution >= 0.6 is 0 Å². The highest BCUT2D eigenvalue weighted by Crippen LogP contribution is 2.00. The molecule has 110 valence electrons. The lowest BCUT2D eigenvalue weighted by Crippen LogP contribution is -2.30. The van der Waals surface area contributed by atoms with Crippen LogP contribution in [-0.4, -0.2) is 39.7 Å². The Morgan fingerprint density at radius 3 is 3.05 bits per heavy atom. The van der Waals surface area contributed by atoms with Gasteiger partial charge in [0, 0.05) is 25.8 Å². The fourth-order valence-electron chi connectivity index (χ4n) is 1.83. The summed E-state index contributed by atoms with van der Waals surface area (Å²) >= 11 is 0. The van der Waals surface area contributed by atoms with Crippen molar-refractivity contribution in [3.63, 3.8) is 0 Å². The molecule has 2 aromatic heterocycles. The van der Waals surface area contributed by atoms with Crippen LogP contribution in [0.2, 0.25) is 0 Å². The van der Waals surface area contributed by atoms with Gasteiger partial charge in [-0.3, -0.25) is 4.68 Å². The third-order valence-electron chi connectivity index (χ3n) is 2.86. The Morgan fingerprint density at radius 1 is 1.50 bits per heavy atom. The molecule has 7 nitrogen and oxygen atoms in total. The van der Waals surface area contributed by atoms with E-state index in [9.17, 15) is 0 Å². The van der Waals surface area contributed by atoms with E-state index in [1.165, 1.54) is 0 Å². The number of hydrogen-bond donors (Lipinski definition) is 1. The zero-order chi connectivity index (χ0) is 14.4. The van der Waals surface area contributed by atoms with E-state index in [-0.39, 0.29) is 6.04 Å². The molecule has 0 bridgehead atoms. The van der Waals surface area contributed by atoms with Crippen LogP contribution < -0.4 is 5.32 Å². The molecule has 0 saturated carbocycles. The van der Waals surface area contributed by atoms with Gasteiger partial charge in [0.2, 0.25) is 5.89 Å². The Labute approximate surface area is 118 Å². The van der Waals surface area contributed by atoms with Crippen LogP contribution in [0.25, 0.3) is 0 Å². The summed E-state index contributed by atoms with van der Waals surface area (Å²) in [4.78, 5) is 4.29. The number of ether oxygens (including phenoxy) is 1. The topological polar surface area (TPSA) is 78.0 Å². The molecule has 2 heterocycles. The zero-order valence-corrected chi connectivity index (χ0v) is 12.2. The van der Waals surface area contributed by atoms with Crippen LogP contribution in [0.1, 0.15) is 24.2 Å². The Kier molecular flexibility index (Phi) is 5.25. The van der Waals surface area contributed by atoms with Gasteiger partial charge in [0.05, 0.1) is 25.9 Å². The van der Waals surface area contributed by atoms with Crippen LogP contribution in [0.5, 0.6) is 0 Å². The van der Waals surface area contributed by atoms with E-state index in [0.29, 0.717) is 31.3 Å². The Morgan fingerprint density at radius 2 is 2.35 bits per heavy atom. The standard InChI is InChI=1S/C13H21N5O2/c1-10-6-15-18(8-10)9-11(2)14-7-13-16-12(17-20-13)4-5-19-3/h6,8,11,14H,4-5,7,9H2,1-3H3/t11-/m1/s1. The number of aryl methyl sites for hydroxylation is 1. The average Bonchev–Trinajstić information content (AvgIpc) is 3.03. The van der Waals surface area contributed by atoms with Crippen molar-refractivity contribution in [3.05, 3.63) is 29.7 Å². The highest BCUT2D eigenvalue weighted by atomic mass is 16.5. The lowest BCUT2D eigenvalue weighted by atomic mass is 10.3. The maximum Gasteiger partial charge on any atom is 0.240 e. The van der Waals surface area contributed by atoms with Crippen molar-refractivity contribution in [2.75, 3.05) is 13.7 Å². The Hall–Kier alpha value is -1.73. The van der Waals surface area contributed by atoms with E-state index >= 15 is 0 Å². The second-order valence-corrected chi connectivity index (χ2v) is 4.87. The van der Waals surface area contributed by atoms with Crippen LogP contribution in [-0.2, 0) is 24.2 Å². The number of hydrogen-bond acceptors (Lipinski definition) is 6. The van der Waals surface area contributed by atoms with E-state index in [1.54, 1.807) is 7.11 Å². The molecule has 1 N–H and O–H groups in total. The molecule has 0 aliphatic carbocycles. The molecule has 0 fully saturated rings. The van der Waals surface area contributed by atoms with Crippen molar-refractivity contribution in [1.82, 2.24) is 25.2 Å². The van der Waals surface area contributed by atoms with Crippen molar-refractivity contribution < 1.29 is 9.26 Å². The SMILES string of the molecule is COCCc1noc(CN[C@H](C)Cn2cc(C)cn2)n1. The quantitative estimate of drug-likeness (QED) is 0.775. The first-order valence-electron chi connectivity index (χ1n) is 6.70. The first kappa shape index (κ1) is 14.7. The molecule has 0 aromatic carbocycles. The summed E-state index contributed by atoms with van der Waals surface area (Å²) in [5.41, 5.74) is 1.16. The summed E-state index contributed by atoms with van der Waals surface area (Å²) in [6.45, 7) is 6.09. The van der Waals surface area contributed by atoms with Crippen molar-refractivity contribution in [2.45, 2.75) is 39.4 Å². The van der Waals surface area contributed by atoms with Gasteiger partial charge >= 0.3 is 0 Å². The minimum atomic E-state index is 0.267. The Bertz CT molecular complexity index is 522. The predicted molar refractivity (Wildman–Crippen MR) is 73.1 cm³/mol. The largest absolute Gasteiger partial charge is 0.384 e. The summed E-state index contributed by atoms with van der Waals surface area (Å²) < 4.78 is 12.1. The number of aromatic nitrogens is 4. The summed E-state index contributed by atoms with van der Waals surface area (Å²) in [5.74, 6) is 1.28. The number of nitrogens with one attached hydrogen (secondary N) is 1. The second kappa shape index (κ2) is 7.16. The summed E-state index contributed by atoms with van der Waals surface area (Å²) in [6.07, 6.45) is 4.54. The normalized spacial score (nSPS) is 12.8. The van der Waals surface area contributed by atoms with Crippen LogP contribution in [0, 0.1) is 6.92 Å². The van der Waals surface area contributed by atoms with Crippen molar-refractivity contribution in [2.24, 2.45) is 0 Å². The van der Waals surface area contributed by atoms with E-state index in [0.717, 1.165) is 12.1 Å². The molecule has 2 rings (SSSR count). The highest BCUT2D eigenvalue weighted by molar-refractivity contribution is 4.99. The number of methoxy groups -OCH3 is 1. The maximum atomic E-state index is 5.16. The second-order valence-electron chi connectivity index (χ2n) is 4.87. The summed E-state index contributed by atoms with van der Waals surface area (Å²) in [5, 5.41) is 11.5. The summed E-state index contributed by atoms with van der Waals surface area (Å²) in [6, 6.07) is 0.267. The van der Waals surface area contributed by atoms with Gasteiger partial charge in [0.15, 0.2) is 5.82 Å². The maximum absolute atomic E-state index is 5.16.